The minimum Gasteiger partial charge on any atom is -0.496 e. The maximum absolute atomic E-state index is 13.9. The Morgan fingerprint density at radius 1 is 1.08 bits per heavy atom. The Morgan fingerprint density at radius 2 is 1.87 bits per heavy atom. The number of amides is 1. The summed E-state index contributed by atoms with van der Waals surface area (Å²) in [5.74, 6) is 2.22. The van der Waals surface area contributed by atoms with E-state index < -0.39 is 0 Å². The van der Waals surface area contributed by atoms with Crippen molar-refractivity contribution >= 4 is 22.9 Å². The average Bonchev–Trinajstić information content (AvgIpc) is 3.28. The number of hydrogen-bond acceptors (Lipinski definition) is 6. The van der Waals surface area contributed by atoms with Gasteiger partial charge in [-0.2, -0.15) is 5.26 Å². The molecular weight excluding hydrogens is 490 g/mol. The Labute approximate surface area is 228 Å². The summed E-state index contributed by atoms with van der Waals surface area (Å²) >= 11 is 0. The third-order valence-electron chi connectivity index (χ3n) is 7.30. The van der Waals surface area contributed by atoms with E-state index >= 15 is 0 Å². The molecule has 2 N–H and O–H groups in total. The lowest BCUT2D eigenvalue weighted by Gasteiger charge is -2.34. The van der Waals surface area contributed by atoms with Gasteiger partial charge in [0.2, 0.25) is 5.95 Å². The summed E-state index contributed by atoms with van der Waals surface area (Å²) in [5, 5.41) is 9.23. The number of carbonyl (C=O) groups excluding carboxylic acids is 1. The van der Waals surface area contributed by atoms with Crippen LogP contribution in [0.25, 0.3) is 11.0 Å². The van der Waals surface area contributed by atoms with Gasteiger partial charge >= 0.3 is 0 Å². The molecule has 0 spiro atoms. The van der Waals surface area contributed by atoms with E-state index in [9.17, 15) is 10.1 Å². The van der Waals surface area contributed by atoms with Crippen LogP contribution in [0.5, 0.6) is 17.2 Å². The summed E-state index contributed by atoms with van der Waals surface area (Å²) in [4.78, 5) is 20.3. The number of nitrogens with two attached hydrogens (primary N) is 1. The standard InChI is InChI=1S/C31H33N5O3/c1-38-29-16-13-22(19-26(29)30(37)35(18-8-17-32)23-9-4-2-5-10-23)21-36-28-20-25(14-15-27(28)34-31(36)33)39-24-11-6-3-7-12-24/h3,6-7,11-16,19-20,23H,2,4-5,8-10,18,21H2,1H3,(H2,33,34). The second kappa shape index (κ2) is 11.9. The fraction of sp³-hybridized carbons (Fsp3) is 0.323. The molecule has 1 aliphatic rings. The number of carbonyl (C=O) groups is 1. The number of para-hydroxylation sites is 1. The quantitative estimate of drug-likeness (QED) is 0.282. The van der Waals surface area contributed by atoms with Crippen molar-refractivity contribution in [3.8, 4) is 23.3 Å². The number of anilines is 1. The molecule has 1 saturated carbocycles. The maximum Gasteiger partial charge on any atom is 0.257 e. The highest BCUT2D eigenvalue weighted by Gasteiger charge is 2.28. The van der Waals surface area contributed by atoms with E-state index in [2.05, 4.69) is 11.1 Å². The maximum atomic E-state index is 13.9. The molecule has 0 saturated heterocycles. The number of ether oxygens (including phenoxy) is 2. The molecule has 1 aromatic heterocycles. The van der Waals surface area contributed by atoms with Crippen molar-refractivity contribution in [3.05, 3.63) is 77.9 Å². The normalized spacial score (nSPS) is 13.6. The SMILES string of the molecule is COc1ccc(Cn2c(N)nc3ccc(Oc4ccccc4)cc32)cc1C(=O)N(CCC#N)C1CCCCC1. The van der Waals surface area contributed by atoms with Crippen LogP contribution in [0.4, 0.5) is 5.95 Å². The molecular formula is C31H33N5O3. The van der Waals surface area contributed by atoms with Gasteiger partial charge in [-0.25, -0.2) is 4.98 Å². The average molecular weight is 524 g/mol. The molecule has 8 nitrogen and oxygen atoms in total. The van der Waals surface area contributed by atoms with E-state index in [-0.39, 0.29) is 11.9 Å². The number of methoxy groups -OCH3 is 1. The first-order valence-electron chi connectivity index (χ1n) is 13.4. The number of aromatic nitrogens is 2. The summed E-state index contributed by atoms with van der Waals surface area (Å²) in [6.45, 7) is 0.833. The van der Waals surface area contributed by atoms with Gasteiger partial charge in [-0.15, -0.1) is 0 Å². The topological polar surface area (TPSA) is 106 Å². The molecule has 3 aromatic carbocycles. The third-order valence-corrected chi connectivity index (χ3v) is 7.30. The van der Waals surface area contributed by atoms with Crippen molar-refractivity contribution < 1.29 is 14.3 Å². The van der Waals surface area contributed by atoms with E-state index in [1.165, 1.54) is 6.42 Å². The third kappa shape index (κ3) is 5.83. The monoisotopic (exact) mass is 523 g/mol. The largest absolute Gasteiger partial charge is 0.496 e. The van der Waals surface area contributed by atoms with Crippen LogP contribution in [0.15, 0.2) is 66.7 Å². The van der Waals surface area contributed by atoms with Gasteiger partial charge in [0.05, 0.1) is 42.7 Å². The number of fused-ring (bicyclic) bond motifs is 1. The van der Waals surface area contributed by atoms with Crippen molar-refractivity contribution in [2.24, 2.45) is 0 Å². The van der Waals surface area contributed by atoms with Crippen molar-refractivity contribution in [2.45, 2.75) is 51.1 Å². The van der Waals surface area contributed by atoms with Gasteiger partial charge < -0.3 is 24.7 Å². The van der Waals surface area contributed by atoms with E-state index in [0.717, 1.165) is 48.0 Å². The van der Waals surface area contributed by atoms with Crippen LogP contribution in [-0.4, -0.2) is 40.1 Å². The Balaban J connectivity index is 1.45. The van der Waals surface area contributed by atoms with Crippen LogP contribution in [0.3, 0.4) is 0 Å². The summed E-state index contributed by atoms with van der Waals surface area (Å²) < 4.78 is 13.5. The highest BCUT2D eigenvalue weighted by atomic mass is 16.5. The van der Waals surface area contributed by atoms with E-state index in [1.807, 2.05) is 76.2 Å². The van der Waals surface area contributed by atoms with Crippen LogP contribution in [0.2, 0.25) is 0 Å². The second-order valence-electron chi connectivity index (χ2n) is 9.85. The molecule has 200 valence electrons. The molecule has 0 aliphatic heterocycles. The minimum atomic E-state index is -0.0992. The number of hydrogen-bond donors (Lipinski definition) is 1. The molecule has 4 aromatic rings. The number of imidazole rings is 1. The molecule has 0 radical (unpaired) electrons. The predicted octanol–water partition coefficient (Wildman–Crippen LogP) is 6.16. The van der Waals surface area contributed by atoms with Gasteiger partial charge in [0.25, 0.3) is 5.91 Å². The van der Waals surface area contributed by atoms with Gasteiger partial charge in [-0.1, -0.05) is 43.5 Å². The smallest absolute Gasteiger partial charge is 0.257 e. The lowest BCUT2D eigenvalue weighted by Crippen LogP contribution is -2.42. The lowest BCUT2D eigenvalue weighted by molar-refractivity contribution is 0.0636. The van der Waals surface area contributed by atoms with Crippen molar-refractivity contribution in [1.82, 2.24) is 14.5 Å². The number of nitrogen functional groups attached to an aromatic ring is 1. The molecule has 5 rings (SSSR count). The lowest BCUT2D eigenvalue weighted by atomic mass is 9.93. The molecule has 1 amide bonds. The first-order chi connectivity index (χ1) is 19.1. The fourth-order valence-corrected chi connectivity index (χ4v) is 5.35. The Kier molecular flexibility index (Phi) is 7.97. The Morgan fingerprint density at radius 3 is 2.62 bits per heavy atom. The Hall–Kier alpha value is -4.51. The first kappa shape index (κ1) is 26.1. The van der Waals surface area contributed by atoms with Crippen LogP contribution in [0.1, 0.15) is 54.4 Å². The second-order valence-corrected chi connectivity index (χ2v) is 9.85. The van der Waals surface area contributed by atoms with Crippen LogP contribution >= 0.6 is 0 Å². The zero-order chi connectivity index (χ0) is 27.2. The molecule has 8 heteroatoms. The molecule has 1 fully saturated rings. The fourth-order valence-electron chi connectivity index (χ4n) is 5.35. The van der Waals surface area contributed by atoms with Crippen LogP contribution in [-0.2, 0) is 6.54 Å². The zero-order valence-electron chi connectivity index (χ0n) is 22.2. The number of benzene rings is 3. The molecule has 0 bridgehead atoms. The van der Waals surface area contributed by atoms with Gasteiger partial charge in [0.15, 0.2) is 0 Å². The first-order valence-corrected chi connectivity index (χ1v) is 13.4. The molecule has 1 aliphatic carbocycles. The van der Waals surface area contributed by atoms with Gasteiger partial charge in [0, 0.05) is 18.7 Å². The van der Waals surface area contributed by atoms with E-state index in [1.54, 1.807) is 7.11 Å². The van der Waals surface area contributed by atoms with Crippen LogP contribution < -0.4 is 15.2 Å². The van der Waals surface area contributed by atoms with Gasteiger partial charge in [0.1, 0.15) is 17.2 Å². The summed E-state index contributed by atoms with van der Waals surface area (Å²) in [6, 6.07) is 23.3. The number of nitriles is 1. The predicted molar refractivity (Wildman–Crippen MR) is 151 cm³/mol. The molecule has 39 heavy (non-hydrogen) atoms. The van der Waals surface area contributed by atoms with Gasteiger partial charge in [-0.05, 0) is 54.8 Å². The molecule has 1 heterocycles. The zero-order valence-corrected chi connectivity index (χ0v) is 22.2. The summed E-state index contributed by atoms with van der Waals surface area (Å²) in [5.41, 5.74) is 9.32. The highest BCUT2D eigenvalue weighted by Crippen LogP contribution is 2.30. The summed E-state index contributed by atoms with van der Waals surface area (Å²) in [6.07, 6.45) is 5.61. The van der Waals surface area contributed by atoms with E-state index in [4.69, 9.17) is 15.2 Å². The summed E-state index contributed by atoms with van der Waals surface area (Å²) in [7, 11) is 1.57. The highest BCUT2D eigenvalue weighted by molar-refractivity contribution is 5.97. The Bertz CT molecular complexity index is 1490. The van der Waals surface area contributed by atoms with Crippen LogP contribution in [0, 0.1) is 11.3 Å². The molecule has 0 unspecified atom stereocenters. The number of nitrogens with zero attached hydrogens (tertiary/aromatic N) is 4. The van der Waals surface area contributed by atoms with Crippen molar-refractivity contribution in [3.63, 3.8) is 0 Å². The van der Waals surface area contributed by atoms with Gasteiger partial charge in [-0.3, -0.25) is 4.79 Å². The minimum absolute atomic E-state index is 0.0992. The van der Waals surface area contributed by atoms with Crippen molar-refractivity contribution in [1.29, 1.82) is 5.26 Å². The van der Waals surface area contributed by atoms with Crippen molar-refractivity contribution in [2.75, 3.05) is 19.4 Å². The van der Waals surface area contributed by atoms with E-state index in [0.29, 0.717) is 42.5 Å². The molecule has 0 atom stereocenters. The number of rotatable bonds is 9.